The Bertz CT molecular complexity index is 1090. The van der Waals surface area contributed by atoms with Gasteiger partial charge in [0.15, 0.2) is 0 Å². The van der Waals surface area contributed by atoms with E-state index in [2.05, 4.69) is 20.2 Å². The second-order valence-electron chi connectivity index (χ2n) is 7.93. The number of benzene rings is 2. The highest BCUT2D eigenvalue weighted by atomic mass is 35.5. The summed E-state index contributed by atoms with van der Waals surface area (Å²) in [5, 5.41) is 3.53. The number of rotatable bonds is 5. The Balaban J connectivity index is 1.40. The summed E-state index contributed by atoms with van der Waals surface area (Å²) in [6.07, 6.45) is -0.0389. The van der Waals surface area contributed by atoms with Gasteiger partial charge in [0.05, 0.1) is 6.42 Å². The number of aryl methyl sites for hydroxylation is 2. The number of anilines is 3. The van der Waals surface area contributed by atoms with Crippen molar-refractivity contribution in [3.8, 4) is 0 Å². The van der Waals surface area contributed by atoms with Gasteiger partial charge < -0.3 is 15.1 Å². The largest absolute Gasteiger partial charge is 0.353 e. The molecule has 6 nitrogen and oxygen atoms in total. The van der Waals surface area contributed by atoms with Gasteiger partial charge in [0, 0.05) is 54.2 Å². The van der Waals surface area contributed by atoms with Crippen LogP contribution in [0.5, 0.6) is 0 Å². The molecule has 0 aliphatic carbocycles. The van der Waals surface area contributed by atoms with Crippen molar-refractivity contribution < 1.29 is 9.18 Å². The number of nitrogens with zero attached hydrogens (tertiary/aromatic N) is 4. The maximum absolute atomic E-state index is 14.0. The third kappa shape index (κ3) is 5.16. The van der Waals surface area contributed by atoms with E-state index in [-0.39, 0.29) is 22.9 Å². The summed E-state index contributed by atoms with van der Waals surface area (Å²) in [7, 11) is 0. The molecule has 1 aliphatic rings. The van der Waals surface area contributed by atoms with E-state index in [1.165, 1.54) is 17.7 Å². The Morgan fingerprint density at radius 1 is 1.06 bits per heavy atom. The molecule has 166 valence electrons. The van der Waals surface area contributed by atoms with Crippen molar-refractivity contribution in [1.29, 1.82) is 0 Å². The minimum Gasteiger partial charge on any atom is -0.353 e. The van der Waals surface area contributed by atoms with Gasteiger partial charge in [0.1, 0.15) is 11.6 Å². The van der Waals surface area contributed by atoms with Crippen LogP contribution in [0.15, 0.2) is 48.5 Å². The Morgan fingerprint density at radius 2 is 1.78 bits per heavy atom. The normalized spacial score (nSPS) is 13.9. The van der Waals surface area contributed by atoms with E-state index in [1.54, 1.807) is 11.0 Å². The van der Waals surface area contributed by atoms with E-state index >= 15 is 0 Å². The molecule has 1 aromatic heterocycles. The van der Waals surface area contributed by atoms with Crippen LogP contribution in [0.2, 0.25) is 5.02 Å². The van der Waals surface area contributed by atoms with Crippen molar-refractivity contribution in [3.63, 3.8) is 0 Å². The number of carbonyl (C=O) groups is 1. The summed E-state index contributed by atoms with van der Waals surface area (Å²) in [6.45, 7) is 6.32. The summed E-state index contributed by atoms with van der Waals surface area (Å²) in [4.78, 5) is 25.7. The molecule has 0 radical (unpaired) electrons. The van der Waals surface area contributed by atoms with Crippen molar-refractivity contribution in [3.05, 3.63) is 76.2 Å². The van der Waals surface area contributed by atoms with Crippen molar-refractivity contribution >= 4 is 35.0 Å². The van der Waals surface area contributed by atoms with Gasteiger partial charge in [-0.25, -0.2) is 9.37 Å². The molecule has 0 spiro atoms. The van der Waals surface area contributed by atoms with Crippen molar-refractivity contribution in [2.24, 2.45) is 0 Å². The molecular formula is C24H25ClFN5O. The second-order valence-corrected chi connectivity index (χ2v) is 8.33. The molecule has 0 bridgehead atoms. The summed E-state index contributed by atoms with van der Waals surface area (Å²) < 4.78 is 14.0. The van der Waals surface area contributed by atoms with E-state index in [1.807, 2.05) is 44.2 Å². The van der Waals surface area contributed by atoms with E-state index < -0.39 is 5.82 Å². The summed E-state index contributed by atoms with van der Waals surface area (Å²) in [5.41, 5.74) is 3.22. The molecule has 3 aromatic rings. The minimum atomic E-state index is -0.449. The molecule has 2 heterocycles. The van der Waals surface area contributed by atoms with Crippen LogP contribution in [0.25, 0.3) is 0 Å². The van der Waals surface area contributed by atoms with E-state index in [0.29, 0.717) is 32.1 Å². The molecule has 2 aromatic carbocycles. The zero-order valence-corrected chi connectivity index (χ0v) is 18.9. The maximum atomic E-state index is 14.0. The predicted octanol–water partition coefficient (Wildman–Crippen LogP) is 4.52. The average Bonchev–Trinajstić information content (AvgIpc) is 2.77. The zero-order chi connectivity index (χ0) is 22.7. The average molecular weight is 454 g/mol. The van der Waals surface area contributed by atoms with E-state index in [9.17, 15) is 9.18 Å². The number of carbonyl (C=O) groups excluding carboxylic acids is 1. The number of piperazine rings is 1. The first-order valence-corrected chi connectivity index (χ1v) is 10.9. The van der Waals surface area contributed by atoms with Crippen molar-refractivity contribution in [1.82, 2.24) is 14.9 Å². The monoisotopic (exact) mass is 453 g/mol. The summed E-state index contributed by atoms with van der Waals surface area (Å²) in [6, 6.07) is 14.5. The lowest BCUT2D eigenvalue weighted by Crippen LogP contribution is -2.49. The van der Waals surface area contributed by atoms with Gasteiger partial charge in [-0.1, -0.05) is 35.4 Å². The number of hydrogen-bond acceptors (Lipinski definition) is 5. The number of hydrogen-bond donors (Lipinski definition) is 1. The molecule has 1 saturated heterocycles. The third-order valence-corrected chi connectivity index (χ3v) is 5.85. The van der Waals surface area contributed by atoms with Gasteiger partial charge in [-0.15, -0.1) is 0 Å². The molecular weight excluding hydrogens is 429 g/mol. The zero-order valence-electron chi connectivity index (χ0n) is 18.1. The van der Waals surface area contributed by atoms with Crippen molar-refractivity contribution in [2.45, 2.75) is 20.3 Å². The van der Waals surface area contributed by atoms with Crippen molar-refractivity contribution in [2.75, 3.05) is 36.4 Å². The Hall–Kier alpha value is -3.19. The van der Waals surface area contributed by atoms with Crippen LogP contribution in [0, 0.1) is 19.7 Å². The molecule has 32 heavy (non-hydrogen) atoms. The summed E-state index contributed by atoms with van der Waals surface area (Å²) >= 11 is 6.07. The van der Waals surface area contributed by atoms with Gasteiger partial charge in [-0.2, -0.15) is 4.98 Å². The lowest BCUT2D eigenvalue weighted by molar-refractivity contribution is -0.130. The number of amides is 1. The lowest BCUT2D eigenvalue weighted by atomic mass is 10.1. The van der Waals surface area contributed by atoms with Crippen LogP contribution in [0.1, 0.15) is 16.8 Å². The van der Waals surface area contributed by atoms with Gasteiger partial charge in [0.25, 0.3) is 0 Å². The van der Waals surface area contributed by atoms with Crippen LogP contribution >= 0.6 is 11.6 Å². The van der Waals surface area contributed by atoms with E-state index in [0.717, 1.165) is 17.2 Å². The van der Waals surface area contributed by atoms with Crippen LogP contribution in [0.3, 0.4) is 0 Å². The predicted molar refractivity (Wildman–Crippen MR) is 125 cm³/mol. The van der Waals surface area contributed by atoms with Gasteiger partial charge in [-0.3, -0.25) is 4.79 Å². The standard InChI is InChI=1S/C24H25ClFN5O/c1-16-6-8-18(9-7-16)28-24-27-17(2)14-22(29-24)30-10-12-31(13-11-30)23(32)15-19-20(25)4-3-5-21(19)26/h3-9,14H,10-13,15H2,1-2H3,(H,27,28,29). The van der Waals surface area contributed by atoms with E-state index in [4.69, 9.17) is 11.6 Å². The van der Waals surface area contributed by atoms with Crippen LogP contribution in [-0.4, -0.2) is 47.0 Å². The molecule has 1 N–H and O–H groups in total. The fourth-order valence-corrected chi connectivity index (χ4v) is 3.91. The fraction of sp³-hybridized carbons (Fsp3) is 0.292. The highest BCUT2D eigenvalue weighted by molar-refractivity contribution is 6.31. The Kier molecular flexibility index (Phi) is 6.55. The first kappa shape index (κ1) is 22.0. The summed E-state index contributed by atoms with van der Waals surface area (Å²) in [5.74, 6) is 0.778. The quantitative estimate of drug-likeness (QED) is 0.615. The lowest BCUT2D eigenvalue weighted by Gasteiger charge is -2.35. The molecule has 0 atom stereocenters. The highest BCUT2D eigenvalue weighted by Crippen LogP contribution is 2.22. The van der Waals surface area contributed by atoms with Crippen LogP contribution in [-0.2, 0) is 11.2 Å². The molecule has 1 amide bonds. The first-order chi connectivity index (χ1) is 15.4. The molecule has 1 aliphatic heterocycles. The topological polar surface area (TPSA) is 61.4 Å². The molecule has 4 rings (SSSR count). The number of aromatic nitrogens is 2. The molecule has 0 unspecified atom stereocenters. The molecule has 1 fully saturated rings. The van der Waals surface area contributed by atoms with Gasteiger partial charge in [0.2, 0.25) is 11.9 Å². The molecule has 0 saturated carbocycles. The second kappa shape index (κ2) is 9.53. The highest BCUT2D eigenvalue weighted by Gasteiger charge is 2.24. The molecule has 8 heteroatoms. The van der Waals surface area contributed by atoms with Crippen LogP contribution < -0.4 is 10.2 Å². The number of nitrogens with one attached hydrogen (secondary N) is 1. The van der Waals surface area contributed by atoms with Gasteiger partial charge >= 0.3 is 0 Å². The van der Waals surface area contributed by atoms with Crippen LogP contribution in [0.4, 0.5) is 21.8 Å². The Labute approximate surface area is 192 Å². The Morgan fingerprint density at radius 3 is 2.47 bits per heavy atom. The minimum absolute atomic E-state index is 0.0389. The number of halogens is 2. The third-order valence-electron chi connectivity index (χ3n) is 5.49. The smallest absolute Gasteiger partial charge is 0.229 e. The van der Waals surface area contributed by atoms with Gasteiger partial charge in [-0.05, 0) is 38.1 Å². The SMILES string of the molecule is Cc1ccc(Nc2nc(C)cc(N3CCN(C(=O)Cc4c(F)cccc4Cl)CC3)n2)cc1. The maximum Gasteiger partial charge on any atom is 0.229 e. The fourth-order valence-electron chi connectivity index (χ4n) is 3.69. The first-order valence-electron chi connectivity index (χ1n) is 10.5.